The lowest BCUT2D eigenvalue weighted by Gasteiger charge is -2.33. The van der Waals surface area contributed by atoms with Crippen molar-refractivity contribution in [2.75, 3.05) is 38.5 Å². The monoisotopic (exact) mass is 509 g/mol. The molecular formula is C19H29FIN3O2S. The van der Waals surface area contributed by atoms with Crippen molar-refractivity contribution in [3.05, 3.63) is 30.1 Å². The Balaban J connectivity index is 0.00000364. The van der Waals surface area contributed by atoms with Crippen molar-refractivity contribution >= 4 is 47.7 Å². The van der Waals surface area contributed by atoms with Gasteiger partial charge >= 0.3 is 5.97 Å². The van der Waals surface area contributed by atoms with E-state index in [1.165, 1.54) is 12.1 Å². The number of thioether (sulfide) groups is 1. The number of likely N-dealkylation sites (tertiary alicyclic amines) is 1. The highest BCUT2D eigenvalue weighted by Crippen LogP contribution is 2.20. The first kappa shape index (κ1) is 24.0. The van der Waals surface area contributed by atoms with Crippen LogP contribution in [-0.2, 0) is 9.53 Å². The SMILES string of the molecule is CCNC(=NCCSc1ccc(F)cc1)N1CCC(C(=O)OCC)CC1.I. The number of hydrogen-bond donors (Lipinski definition) is 1. The quantitative estimate of drug-likeness (QED) is 0.152. The van der Waals surface area contributed by atoms with Gasteiger partial charge in [-0.2, -0.15) is 0 Å². The van der Waals surface area contributed by atoms with Gasteiger partial charge in [-0.15, -0.1) is 35.7 Å². The smallest absolute Gasteiger partial charge is 0.309 e. The van der Waals surface area contributed by atoms with E-state index in [4.69, 9.17) is 9.73 Å². The number of hydrogen-bond acceptors (Lipinski definition) is 4. The van der Waals surface area contributed by atoms with Crippen LogP contribution in [0.5, 0.6) is 0 Å². The molecule has 0 aliphatic carbocycles. The van der Waals surface area contributed by atoms with Gasteiger partial charge in [-0.25, -0.2) is 4.39 Å². The summed E-state index contributed by atoms with van der Waals surface area (Å²) < 4.78 is 18.0. The van der Waals surface area contributed by atoms with E-state index in [-0.39, 0.29) is 41.7 Å². The van der Waals surface area contributed by atoms with Crippen LogP contribution in [0.2, 0.25) is 0 Å². The zero-order chi connectivity index (χ0) is 18.8. The average Bonchev–Trinajstić information content (AvgIpc) is 2.66. The molecule has 1 aromatic rings. The Labute approximate surface area is 182 Å². The number of guanidine groups is 1. The van der Waals surface area contributed by atoms with Crippen molar-refractivity contribution in [1.29, 1.82) is 0 Å². The molecule has 0 amide bonds. The molecule has 0 unspecified atom stereocenters. The Morgan fingerprint density at radius 1 is 1.30 bits per heavy atom. The molecule has 0 spiro atoms. The van der Waals surface area contributed by atoms with Crippen molar-refractivity contribution in [3.8, 4) is 0 Å². The van der Waals surface area contributed by atoms with Crippen LogP contribution in [0, 0.1) is 11.7 Å². The highest BCUT2D eigenvalue weighted by Gasteiger charge is 2.27. The highest BCUT2D eigenvalue weighted by molar-refractivity contribution is 14.0. The van der Waals surface area contributed by atoms with E-state index in [1.54, 1.807) is 23.9 Å². The van der Waals surface area contributed by atoms with Crippen LogP contribution in [0.4, 0.5) is 4.39 Å². The number of carbonyl (C=O) groups is 1. The largest absolute Gasteiger partial charge is 0.466 e. The molecule has 1 aromatic carbocycles. The highest BCUT2D eigenvalue weighted by atomic mass is 127. The Kier molecular flexibility index (Phi) is 11.7. The average molecular weight is 509 g/mol. The molecule has 1 N–H and O–H groups in total. The maximum Gasteiger partial charge on any atom is 0.309 e. The van der Waals surface area contributed by atoms with Gasteiger partial charge in [0.15, 0.2) is 5.96 Å². The van der Waals surface area contributed by atoms with E-state index in [1.807, 2.05) is 13.8 Å². The Bertz CT molecular complexity index is 593. The summed E-state index contributed by atoms with van der Waals surface area (Å²) in [6, 6.07) is 6.52. The lowest BCUT2D eigenvalue weighted by atomic mass is 9.97. The van der Waals surface area contributed by atoms with Gasteiger partial charge in [0.25, 0.3) is 0 Å². The van der Waals surface area contributed by atoms with Crippen LogP contribution in [0.25, 0.3) is 0 Å². The molecule has 0 atom stereocenters. The van der Waals surface area contributed by atoms with Crippen molar-refractivity contribution in [1.82, 2.24) is 10.2 Å². The molecule has 2 rings (SSSR count). The molecule has 0 bridgehead atoms. The number of benzene rings is 1. The topological polar surface area (TPSA) is 53.9 Å². The van der Waals surface area contributed by atoms with Gasteiger partial charge in [0.1, 0.15) is 5.82 Å². The second kappa shape index (κ2) is 13.2. The molecule has 8 heteroatoms. The van der Waals surface area contributed by atoms with Gasteiger partial charge < -0.3 is 15.0 Å². The number of halogens is 2. The van der Waals surface area contributed by atoms with Gasteiger partial charge in [0.2, 0.25) is 0 Å². The maximum absolute atomic E-state index is 12.9. The number of aliphatic imine (C=N–C) groups is 1. The fraction of sp³-hybridized carbons (Fsp3) is 0.579. The second-order valence-corrected chi connectivity index (χ2v) is 7.22. The van der Waals surface area contributed by atoms with Crippen molar-refractivity contribution < 1.29 is 13.9 Å². The van der Waals surface area contributed by atoms with E-state index in [9.17, 15) is 9.18 Å². The molecule has 152 valence electrons. The molecule has 1 aliphatic heterocycles. The lowest BCUT2D eigenvalue weighted by Crippen LogP contribution is -2.46. The first-order valence-corrected chi connectivity index (χ1v) is 10.2. The Morgan fingerprint density at radius 3 is 2.56 bits per heavy atom. The van der Waals surface area contributed by atoms with Crippen LogP contribution in [0.15, 0.2) is 34.2 Å². The number of nitrogens with zero attached hydrogens (tertiary/aromatic N) is 2. The third-order valence-corrected chi connectivity index (χ3v) is 5.18. The summed E-state index contributed by atoms with van der Waals surface area (Å²) in [6.07, 6.45) is 1.60. The van der Waals surface area contributed by atoms with E-state index in [2.05, 4.69) is 10.2 Å². The third kappa shape index (κ3) is 8.25. The molecule has 1 heterocycles. The number of piperidine rings is 1. The number of rotatable bonds is 7. The van der Waals surface area contributed by atoms with Crippen LogP contribution < -0.4 is 5.32 Å². The molecule has 1 aliphatic rings. The molecule has 1 saturated heterocycles. The molecule has 27 heavy (non-hydrogen) atoms. The normalized spacial score (nSPS) is 15.2. The minimum atomic E-state index is -0.215. The zero-order valence-electron chi connectivity index (χ0n) is 15.9. The van der Waals surface area contributed by atoms with E-state index < -0.39 is 0 Å². The van der Waals surface area contributed by atoms with Gasteiger partial charge in [-0.05, 0) is 51.0 Å². The number of carbonyl (C=O) groups excluding carboxylic acids is 1. The maximum atomic E-state index is 12.9. The van der Waals surface area contributed by atoms with Crippen LogP contribution in [-0.4, -0.2) is 55.4 Å². The van der Waals surface area contributed by atoms with Crippen LogP contribution >= 0.6 is 35.7 Å². The molecule has 5 nitrogen and oxygen atoms in total. The van der Waals surface area contributed by atoms with E-state index >= 15 is 0 Å². The number of esters is 1. The van der Waals surface area contributed by atoms with Crippen molar-refractivity contribution in [3.63, 3.8) is 0 Å². The first-order chi connectivity index (χ1) is 12.6. The van der Waals surface area contributed by atoms with Crippen molar-refractivity contribution in [2.24, 2.45) is 10.9 Å². The summed E-state index contributed by atoms with van der Waals surface area (Å²) >= 11 is 1.66. The summed E-state index contributed by atoms with van der Waals surface area (Å²) in [7, 11) is 0. The Morgan fingerprint density at radius 2 is 1.96 bits per heavy atom. The number of ether oxygens (including phenoxy) is 1. The van der Waals surface area contributed by atoms with Crippen LogP contribution in [0.1, 0.15) is 26.7 Å². The zero-order valence-corrected chi connectivity index (χ0v) is 19.1. The minimum absolute atomic E-state index is 0. The molecule has 0 aromatic heterocycles. The predicted molar refractivity (Wildman–Crippen MR) is 119 cm³/mol. The molecule has 1 fully saturated rings. The van der Waals surface area contributed by atoms with Crippen molar-refractivity contribution in [2.45, 2.75) is 31.6 Å². The molecular weight excluding hydrogens is 480 g/mol. The summed E-state index contributed by atoms with van der Waals surface area (Å²) in [5.74, 6) is 1.44. The first-order valence-electron chi connectivity index (χ1n) is 9.22. The van der Waals surface area contributed by atoms with Gasteiger partial charge in [-0.3, -0.25) is 9.79 Å². The Hall–Kier alpha value is -1.03. The van der Waals surface area contributed by atoms with Crippen LogP contribution in [0.3, 0.4) is 0 Å². The van der Waals surface area contributed by atoms with Gasteiger partial charge in [0, 0.05) is 30.3 Å². The molecule has 0 saturated carbocycles. The number of nitrogens with one attached hydrogen (secondary N) is 1. The summed E-state index contributed by atoms with van der Waals surface area (Å²) in [4.78, 5) is 19.8. The lowest BCUT2D eigenvalue weighted by molar-refractivity contribution is -0.149. The van der Waals surface area contributed by atoms with E-state index in [0.29, 0.717) is 13.2 Å². The second-order valence-electron chi connectivity index (χ2n) is 6.05. The summed E-state index contributed by atoms with van der Waals surface area (Å²) in [6.45, 7) is 7.43. The fourth-order valence-electron chi connectivity index (χ4n) is 2.86. The minimum Gasteiger partial charge on any atom is -0.466 e. The van der Waals surface area contributed by atoms with Gasteiger partial charge in [-0.1, -0.05) is 0 Å². The van der Waals surface area contributed by atoms with E-state index in [0.717, 1.165) is 49.1 Å². The molecule has 0 radical (unpaired) electrons. The fourth-order valence-corrected chi connectivity index (χ4v) is 3.61. The third-order valence-electron chi connectivity index (χ3n) is 4.18. The van der Waals surface area contributed by atoms with Gasteiger partial charge in [0.05, 0.1) is 19.1 Å². The standard InChI is InChI=1S/C19H28FN3O2S.HI/c1-3-21-19(22-11-14-26-17-7-5-16(20)6-8-17)23-12-9-15(10-13-23)18(24)25-4-2;/h5-8,15H,3-4,9-14H2,1-2H3,(H,21,22);1H. The summed E-state index contributed by atoms with van der Waals surface area (Å²) in [5.41, 5.74) is 0. The predicted octanol–water partition coefficient (Wildman–Crippen LogP) is 3.78. The summed E-state index contributed by atoms with van der Waals surface area (Å²) in [5, 5.41) is 3.33.